The van der Waals surface area contributed by atoms with Gasteiger partial charge in [0.2, 0.25) is 21.8 Å². The lowest BCUT2D eigenvalue weighted by atomic mass is 9.96. The van der Waals surface area contributed by atoms with Crippen LogP contribution in [0.15, 0.2) is 36.2 Å². The Morgan fingerprint density at radius 1 is 1.12 bits per heavy atom. The number of rotatable bonds is 12. The highest BCUT2D eigenvalue weighted by molar-refractivity contribution is 7.91. The van der Waals surface area contributed by atoms with E-state index in [1.165, 1.54) is 34.3 Å². The number of fused-ring (bicyclic) bond motifs is 2. The third-order valence-electron chi connectivity index (χ3n) is 11.3. The fourth-order valence-corrected chi connectivity index (χ4v) is 10.6. The molecule has 2 N–H and O–H groups in total. The number of benzene rings is 1. The maximum atomic E-state index is 14.8. The number of aromatic nitrogens is 2. The van der Waals surface area contributed by atoms with Crippen molar-refractivity contribution in [2.24, 2.45) is 11.8 Å². The van der Waals surface area contributed by atoms with Crippen molar-refractivity contribution in [3.05, 3.63) is 47.0 Å². The minimum atomic E-state index is -3.93. The molecule has 2 aliphatic heterocycles. The third-order valence-corrected chi connectivity index (χ3v) is 14.4. The van der Waals surface area contributed by atoms with E-state index in [1.54, 1.807) is 39.0 Å². The topological polar surface area (TPSA) is 186 Å². The average molecular weight is 871 g/mol. The van der Waals surface area contributed by atoms with E-state index in [1.807, 2.05) is 33.1 Å². The summed E-state index contributed by atoms with van der Waals surface area (Å²) in [7, 11) is -2.43. The van der Waals surface area contributed by atoms with Gasteiger partial charge in [0.1, 0.15) is 56.6 Å². The van der Waals surface area contributed by atoms with Gasteiger partial charge in [0.05, 0.1) is 29.6 Å². The number of carbonyl (C=O) groups excluding carboxylic acids is 4. The van der Waals surface area contributed by atoms with E-state index >= 15 is 0 Å². The van der Waals surface area contributed by atoms with Crippen LogP contribution in [0.3, 0.4) is 0 Å². The maximum Gasteiger partial charge on any atom is 0.411 e. The van der Waals surface area contributed by atoms with E-state index in [0.717, 1.165) is 5.69 Å². The predicted octanol–water partition coefficient (Wildman–Crippen LogP) is 5.81. The Hall–Kier alpha value is -4.48. The number of halogens is 1. The summed E-state index contributed by atoms with van der Waals surface area (Å²) in [6, 6.07) is 2.19. The molecule has 2 aromatic heterocycles. The molecule has 2 aliphatic carbocycles. The zero-order chi connectivity index (χ0) is 42.9. The van der Waals surface area contributed by atoms with Crippen LogP contribution in [0, 0.1) is 11.8 Å². The van der Waals surface area contributed by atoms with Gasteiger partial charge < -0.3 is 24.4 Å². The van der Waals surface area contributed by atoms with Gasteiger partial charge in [-0.15, -0.1) is 17.9 Å². The molecule has 0 unspecified atom stereocenters. The van der Waals surface area contributed by atoms with Gasteiger partial charge in [0.15, 0.2) is 0 Å². The largest absolute Gasteiger partial charge is 0.495 e. The molecule has 1 aromatic carbocycles. The highest BCUT2D eigenvalue weighted by Gasteiger charge is 2.63. The number of hydrogen-bond acceptors (Lipinski definition) is 12. The van der Waals surface area contributed by atoms with Gasteiger partial charge in [0, 0.05) is 35.7 Å². The molecule has 4 aliphatic rings. The highest BCUT2D eigenvalue weighted by atomic mass is 35.5. The Balaban J connectivity index is 1.29. The van der Waals surface area contributed by atoms with Crippen LogP contribution < -0.4 is 19.5 Å². The molecule has 318 valence electrons. The summed E-state index contributed by atoms with van der Waals surface area (Å²) < 4.78 is 46.0. The van der Waals surface area contributed by atoms with E-state index in [4.69, 9.17) is 35.8 Å². The molecule has 59 heavy (non-hydrogen) atoms. The molecule has 0 radical (unpaired) electrons. The molecule has 2 saturated heterocycles. The molecule has 0 bridgehead atoms. The second kappa shape index (κ2) is 15.5. The van der Waals surface area contributed by atoms with Gasteiger partial charge in [-0.05, 0) is 64.0 Å². The van der Waals surface area contributed by atoms with Crippen LogP contribution in [0.4, 0.5) is 4.79 Å². The minimum absolute atomic E-state index is 0.0346. The van der Waals surface area contributed by atoms with Gasteiger partial charge in [-0.25, -0.2) is 23.2 Å². The van der Waals surface area contributed by atoms with Crippen molar-refractivity contribution in [3.63, 3.8) is 0 Å². The van der Waals surface area contributed by atoms with Crippen LogP contribution in [0.5, 0.6) is 11.5 Å². The first kappa shape index (κ1) is 42.6. The Kier molecular flexibility index (Phi) is 11.2. The quantitative estimate of drug-likeness (QED) is 0.210. The van der Waals surface area contributed by atoms with Crippen molar-refractivity contribution in [2.45, 2.75) is 121 Å². The molecule has 4 amide bonds. The van der Waals surface area contributed by atoms with Crippen LogP contribution in [0.25, 0.3) is 21.6 Å². The summed E-state index contributed by atoms with van der Waals surface area (Å²) >= 11 is 8.29. The second-order valence-corrected chi connectivity index (χ2v) is 20.6. The number of nitrogens with one attached hydrogen (secondary N) is 2. The molecule has 0 spiro atoms. The molecule has 4 fully saturated rings. The van der Waals surface area contributed by atoms with Gasteiger partial charge >= 0.3 is 6.09 Å². The minimum Gasteiger partial charge on any atom is -0.495 e. The van der Waals surface area contributed by atoms with Crippen LogP contribution in [0.1, 0.15) is 85.8 Å². The molecule has 4 heterocycles. The molecule has 2 saturated carbocycles. The van der Waals surface area contributed by atoms with Crippen molar-refractivity contribution in [3.8, 4) is 22.2 Å². The predicted molar refractivity (Wildman–Crippen MR) is 223 cm³/mol. The lowest BCUT2D eigenvalue weighted by Gasteiger charge is -2.46. The third kappa shape index (κ3) is 8.09. The molecule has 7 rings (SSSR count). The van der Waals surface area contributed by atoms with Gasteiger partial charge in [-0.3, -0.25) is 24.0 Å². The summed E-state index contributed by atoms with van der Waals surface area (Å²) in [6.45, 7) is 16.7. The first-order chi connectivity index (χ1) is 27.7. The number of ether oxygens (including phenoxy) is 3. The molecular formula is C41H51ClN6O9S2. The number of methoxy groups -OCH3 is 1. The smallest absolute Gasteiger partial charge is 0.411 e. The summed E-state index contributed by atoms with van der Waals surface area (Å²) in [4.78, 5) is 69.5. The van der Waals surface area contributed by atoms with Crippen molar-refractivity contribution < 1.29 is 41.8 Å². The summed E-state index contributed by atoms with van der Waals surface area (Å²) in [5.41, 5.74) is -0.685. The Labute approximate surface area is 353 Å². The Bertz CT molecular complexity index is 2320. The molecule has 6 atom stereocenters. The van der Waals surface area contributed by atoms with Crippen LogP contribution in [0.2, 0.25) is 5.02 Å². The first-order valence-electron chi connectivity index (χ1n) is 19.8. The number of piperazine rings is 1. The van der Waals surface area contributed by atoms with Gasteiger partial charge in [-0.2, -0.15) is 0 Å². The van der Waals surface area contributed by atoms with Gasteiger partial charge in [0.25, 0.3) is 5.91 Å². The Morgan fingerprint density at radius 2 is 1.83 bits per heavy atom. The number of amides is 4. The van der Waals surface area contributed by atoms with E-state index in [-0.39, 0.29) is 36.2 Å². The fraction of sp³-hybridized carbons (Fsp3) is 0.561. The lowest BCUT2D eigenvalue weighted by Crippen LogP contribution is -2.67. The molecule has 18 heteroatoms. The van der Waals surface area contributed by atoms with Crippen LogP contribution >= 0.6 is 22.9 Å². The van der Waals surface area contributed by atoms with Crippen molar-refractivity contribution in [2.75, 3.05) is 13.7 Å². The number of thiazole rings is 1. The van der Waals surface area contributed by atoms with Crippen LogP contribution in [-0.2, 0) is 29.1 Å². The number of hydrogen-bond donors (Lipinski definition) is 2. The first-order valence-corrected chi connectivity index (χ1v) is 22.6. The monoisotopic (exact) mass is 870 g/mol. The Morgan fingerprint density at radius 3 is 2.41 bits per heavy atom. The number of nitrogens with zero attached hydrogens (tertiary/aromatic N) is 4. The van der Waals surface area contributed by atoms with E-state index in [9.17, 15) is 27.6 Å². The average Bonchev–Trinajstić information content (AvgIpc) is 4.05. The summed E-state index contributed by atoms with van der Waals surface area (Å²) in [6.07, 6.45) is 0.922. The molecule has 3 aromatic rings. The van der Waals surface area contributed by atoms with Crippen LogP contribution in [-0.4, -0.2) is 106 Å². The number of pyridine rings is 1. The zero-order valence-corrected chi connectivity index (χ0v) is 36.8. The van der Waals surface area contributed by atoms with Crippen molar-refractivity contribution in [1.82, 2.24) is 29.8 Å². The highest BCUT2D eigenvalue weighted by Crippen LogP contribution is 2.47. The normalized spacial score (nSPS) is 25.5. The van der Waals surface area contributed by atoms with E-state index in [2.05, 4.69) is 16.6 Å². The fourth-order valence-electron chi connectivity index (χ4n) is 7.96. The van der Waals surface area contributed by atoms with E-state index in [0.29, 0.717) is 45.9 Å². The summed E-state index contributed by atoms with van der Waals surface area (Å²) in [5.74, 6) is -2.01. The maximum absolute atomic E-state index is 14.8. The van der Waals surface area contributed by atoms with Crippen molar-refractivity contribution >= 4 is 67.7 Å². The van der Waals surface area contributed by atoms with E-state index < -0.39 is 80.4 Å². The standard InChI is InChI=1S/C41H51ClN6O9S2/c1-10-22-17-41(22,38(51)46-59(53,54)23-11-12-23)45-35(49)27-16-31(28-18-47(39(52)57-40(6,7)8)34(21(4)5)37(50)48(27)28)56-30-15-25(36-44-26(19-58-36)20(2)3)43-33-24(30)13-14-29(55-9)32(33)42/h10,13-15,19-23,27-28,31,34H,1,11-12,16-18H2,2-9H3,(H,45,49)(H,46,51)/t22-,27+,28-,31-,34-,41-/m1/s1. The SMILES string of the molecule is C=C[C@@H]1C[C@]1(NC(=O)[C@@H]1C[C@@H](Oc2cc(-c3nc(C(C)C)cs3)nc3c(Cl)c(OC)ccc23)[C@H]2CN(C(=O)OC(C)(C)C)[C@H](C(C)C)C(=O)N21)C(=O)NS(=O)(=O)C1CC1. The lowest BCUT2D eigenvalue weighted by molar-refractivity contribution is -0.153. The zero-order valence-electron chi connectivity index (χ0n) is 34.4. The number of carbonyl (C=O) groups is 4. The van der Waals surface area contributed by atoms with Gasteiger partial charge in [-0.1, -0.05) is 45.4 Å². The number of sulfonamides is 1. The van der Waals surface area contributed by atoms with Crippen molar-refractivity contribution in [1.29, 1.82) is 0 Å². The molecular weight excluding hydrogens is 820 g/mol. The second-order valence-electron chi connectivity index (χ2n) is 17.4. The molecule has 15 nitrogen and oxygen atoms in total. The summed E-state index contributed by atoms with van der Waals surface area (Å²) in [5, 5.41) is 5.56.